The Morgan fingerprint density at radius 1 is 1.37 bits per heavy atom. The highest BCUT2D eigenvalue weighted by molar-refractivity contribution is 7.09. The van der Waals surface area contributed by atoms with Gasteiger partial charge in [-0.2, -0.15) is 0 Å². The third-order valence-corrected chi connectivity index (χ3v) is 3.59. The molecule has 0 aliphatic carbocycles. The highest BCUT2D eigenvalue weighted by Crippen LogP contribution is 2.29. The molecular formula is C14H18N2O2S. The van der Waals surface area contributed by atoms with Gasteiger partial charge in [0.25, 0.3) is 0 Å². The first-order valence-corrected chi connectivity index (χ1v) is 7.08. The van der Waals surface area contributed by atoms with Gasteiger partial charge in [-0.05, 0) is 25.1 Å². The molecule has 0 spiro atoms. The topological polar surface area (TPSA) is 57.4 Å². The molecule has 0 aliphatic heterocycles. The van der Waals surface area contributed by atoms with Crippen LogP contribution in [0.2, 0.25) is 0 Å². The summed E-state index contributed by atoms with van der Waals surface area (Å²) in [6.45, 7) is 3.25. The van der Waals surface area contributed by atoms with Gasteiger partial charge in [0.15, 0.2) is 0 Å². The van der Waals surface area contributed by atoms with Gasteiger partial charge in [0.2, 0.25) is 0 Å². The normalized spacial score (nSPS) is 10.6. The lowest BCUT2D eigenvalue weighted by Crippen LogP contribution is -1.97. The van der Waals surface area contributed by atoms with E-state index in [2.05, 4.69) is 4.98 Å². The van der Waals surface area contributed by atoms with Gasteiger partial charge in [-0.25, -0.2) is 4.98 Å². The van der Waals surface area contributed by atoms with Crippen LogP contribution in [0, 0.1) is 0 Å². The molecule has 1 aromatic carbocycles. The molecule has 0 radical (unpaired) electrons. The predicted octanol–water partition coefficient (Wildman–Crippen LogP) is 2.98. The fourth-order valence-electron chi connectivity index (χ4n) is 1.74. The standard InChI is InChI=1S/C14H18N2O2S/c1-3-18-13-5-4-10(8-11(13)15)12-9-19-14(16-12)6-7-17-2/h4-5,8-9H,3,6-7,15H2,1-2H3. The first kappa shape index (κ1) is 13.8. The van der Waals surface area contributed by atoms with Crippen molar-refractivity contribution in [2.45, 2.75) is 13.3 Å². The summed E-state index contributed by atoms with van der Waals surface area (Å²) < 4.78 is 10.5. The average molecular weight is 278 g/mol. The SMILES string of the molecule is CCOc1ccc(-c2csc(CCOC)n2)cc1N. The van der Waals surface area contributed by atoms with Crippen LogP contribution >= 0.6 is 11.3 Å². The van der Waals surface area contributed by atoms with Gasteiger partial charge in [-0.15, -0.1) is 11.3 Å². The van der Waals surface area contributed by atoms with Crippen molar-refractivity contribution in [1.82, 2.24) is 4.98 Å². The molecule has 5 heteroatoms. The van der Waals surface area contributed by atoms with E-state index in [0.29, 0.717) is 18.9 Å². The molecule has 1 heterocycles. The zero-order valence-corrected chi connectivity index (χ0v) is 12.0. The van der Waals surface area contributed by atoms with Crippen molar-refractivity contribution in [3.05, 3.63) is 28.6 Å². The molecule has 4 nitrogen and oxygen atoms in total. The summed E-state index contributed by atoms with van der Waals surface area (Å²) >= 11 is 1.64. The molecule has 2 aromatic rings. The Bertz CT molecular complexity index is 540. The lowest BCUT2D eigenvalue weighted by molar-refractivity contribution is 0.202. The zero-order valence-electron chi connectivity index (χ0n) is 11.2. The molecule has 1 aromatic heterocycles. The minimum atomic E-state index is 0.613. The first-order chi connectivity index (χ1) is 9.24. The highest BCUT2D eigenvalue weighted by atomic mass is 32.1. The van der Waals surface area contributed by atoms with Crippen LogP contribution in [-0.2, 0) is 11.2 Å². The van der Waals surface area contributed by atoms with E-state index in [1.807, 2.05) is 30.5 Å². The number of thiazole rings is 1. The summed E-state index contributed by atoms with van der Waals surface area (Å²) in [5.74, 6) is 0.723. The largest absolute Gasteiger partial charge is 0.492 e. The lowest BCUT2D eigenvalue weighted by atomic mass is 10.1. The van der Waals surface area contributed by atoms with Gasteiger partial charge in [-0.1, -0.05) is 0 Å². The Balaban J connectivity index is 2.17. The van der Waals surface area contributed by atoms with Gasteiger partial charge in [0.1, 0.15) is 5.75 Å². The van der Waals surface area contributed by atoms with Gasteiger partial charge < -0.3 is 15.2 Å². The number of nitrogens with zero attached hydrogens (tertiary/aromatic N) is 1. The van der Waals surface area contributed by atoms with Crippen LogP contribution in [0.15, 0.2) is 23.6 Å². The van der Waals surface area contributed by atoms with E-state index in [0.717, 1.165) is 28.4 Å². The number of benzene rings is 1. The average Bonchev–Trinajstić information content (AvgIpc) is 2.88. The van der Waals surface area contributed by atoms with E-state index in [1.165, 1.54) is 0 Å². The third kappa shape index (κ3) is 3.45. The summed E-state index contributed by atoms with van der Waals surface area (Å²) in [6.07, 6.45) is 0.841. The van der Waals surface area contributed by atoms with Crippen LogP contribution in [0.5, 0.6) is 5.75 Å². The second-order valence-corrected chi connectivity index (χ2v) is 5.00. The molecular weight excluding hydrogens is 260 g/mol. The first-order valence-electron chi connectivity index (χ1n) is 6.20. The van der Waals surface area contributed by atoms with Crippen molar-refractivity contribution in [2.75, 3.05) is 26.1 Å². The maximum Gasteiger partial charge on any atom is 0.142 e. The van der Waals surface area contributed by atoms with Crippen molar-refractivity contribution < 1.29 is 9.47 Å². The highest BCUT2D eigenvalue weighted by Gasteiger charge is 2.07. The fourth-order valence-corrected chi connectivity index (χ4v) is 2.53. The van der Waals surface area contributed by atoms with Crippen LogP contribution in [0.1, 0.15) is 11.9 Å². The number of ether oxygens (including phenoxy) is 2. The number of hydrogen-bond acceptors (Lipinski definition) is 5. The minimum Gasteiger partial charge on any atom is -0.492 e. The van der Waals surface area contributed by atoms with E-state index in [1.54, 1.807) is 18.4 Å². The van der Waals surface area contributed by atoms with Crippen LogP contribution in [0.3, 0.4) is 0 Å². The summed E-state index contributed by atoms with van der Waals surface area (Å²) in [5, 5.41) is 3.12. The van der Waals surface area contributed by atoms with Gasteiger partial charge in [0.05, 0.1) is 29.6 Å². The Morgan fingerprint density at radius 3 is 2.89 bits per heavy atom. The molecule has 102 valence electrons. The van der Waals surface area contributed by atoms with E-state index in [4.69, 9.17) is 15.2 Å². The van der Waals surface area contributed by atoms with Crippen molar-refractivity contribution in [2.24, 2.45) is 0 Å². The van der Waals surface area contributed by atoms with Crippen LogP contribution in [0.4, 0.5) is 5.69 Å². The van der Waals surface area contributed by atoms with Gasteiger partial charge in [0, 0.05) is 24.5 Å². The van der Waals surface area contributed by atoms with Crippen molar-refractivity contribution in [3.8, 4) is 17.0 Å². The number of methoxy groups -OCH3 is 1. The van der Waals surface area contributed by atoms with Crippen molar-refractivity contribution >= 4 is 17.0 Å². The van der Waals surface area contributed by atoms with E-state index >= 15 is 0 Å². The maximum absolute atomic E-state index is 5.96. The van der Waals surface area contributed by atoms with Crippen LogP contribution in [0.25, 0.3) is 11.3 Å². The molecule has 0 saturated carbocycles. The third-order valence-electron chi connectivity index (χ3n) is 2.68. The Morgan fingerprint density at radius 2 is 2.21 bits per heavy atom. The van der Waals surface area contributed by atoms with Crippen LogP contribution in [-0.4, -0.2) is 25.3 Å². The molecule has 0 atom stereocenters. The second-order valence-electron chi connectivity index (χ2n) is 4.05. The molecule has 0 amide bonds. The monoisotopic (exact) mass is 278 g/mol. The molecule has 2 rings (SSSR count). The van der Waals surface area contributed by atoms with E-state index in [9.17, 15) is 0 Å². The molecule has 0 aliphatic rings. The number of hydrogen-bond donors (Lipinski definition) is 1. The molecule has 0 saturated heterocycles. The molecule has 2 N–H and O–H groups in total. The fraction of sp³-hybridized carbons (Fsp3) is 0.357. The van der Waals surface area contributed by atoms with Crippen LogP contribution < -0.4 is 10.5 Å². The Labute approximate surface area is 117 Å². The van der Waals surface area contributed by atoms with Crippen molar-refractivity contribution in [3.63, 3.8) is 0 Å². The zero-order chi connectivity index (χ0) is 13.7. The summed E-state index contributed by atoms with van der Waals surface area (Å²) in [6, 6.07) is 5.78. The number of nitrogen functional groups attached to an aromatic ring is 1. The summed E-state index contributed by atoms with van der Waals surface area (Å²) in [4.78, 5) is 4.58. The smallest absolute Gasteiger partial charge is 0.142 e. The minimum absolute atomic E-state index is 0.613. The predicted molar refractivity (Wildman–Crippen MR) is 78.7 cm³/mol. The Kier molecular flexibility index (Phi) is 4.76. The van der Waals surface area contributed by atoms with E-state index in [-0.39, 0.29) is 0 Å². The molecule has 0 unspecified atom stereocenters. The number of anilines is 1. The van der Waals surface area contributed by atoms with Gasteiger partial charge in [-0.3, -0.25) is 0 Å². The molecule has 0 bridgehead atoms. The summed E-state index contributed by atoms with van der Waals surface area (Å²) in [5.41, 5.74) is 8.57. The number of nitrogens with two attached hydrogens (primary N) is 1. The number of aromatic nitrogens is 1. The molecule has 0 fully saturated rings. The maximum atomic E-state index is 5.96. The van der Waals surface area contributed by atoms with E-state index < -0.39 is 0 Å². The quantitative estimate of drug-likeness (QED) is 0.825. The van der Waals surface area contributed by atoms with Crippen molar-refractivity contribution in [1.29, 1.82) is 0 Å². The van der Waals surface area contributed by atoms with Gasteiger partial charge >= 0.3 is 0 Å². The molecule has 19 heavy (non-hydrogen) atoms. The summed E-state index contributed by atoms with van der Waals surface area (Å²) in [7, 11) is 1.70. The number of rotatable bonds is 6. The Hall–Kier alpha value is -1.59. The lowest BCUT2D eigenvalue weighted by Gasteiger charge is -2.07. The second kappa shape index (κ2) is 6.54.